The molecule has 2 aromatic carbocycles. The molecular weight excluding hydrogens is 694 g/mol. The summed E-state index contributed by atoms with van der Waals surface area (Å²) in [4.78, 5) is 61.7. The first-order valence-corrected chi connectivity index (χ1v) is 15.3. The lowest BCUT2D eigenvalue weighted by molar-refractivity contribution is -0.142. The van der Waals surface area contributed by atoms with Crippen LogP contribution in [0.3, 0.4) is 0 Å². The second kappa shape index (κ2) is 11.4. The van der Waals surface area contributed by atoms with Gasteiger partial charge in [0.15, 0.2) is 44.5 Å². The standard InChI is InChI=1S/C31H23Cl2F5N2O8/c1-2-48-16-9-11(3-6-15(16)41)19-12-4-5-13-18(27(45)39(26(13)44)8-7-17(42)43)14(12)10-30(32)28(46)40(29(47)31(19,30)33)25-23(37)21(35)20(34)22(36)24(25)38/h3-4,6,9,13-14,18-19,41H,2,5,7-8,10H2,1H3,(H,42,43)/t13-,14+,18-,19-,30+,31-/m0/s1. The van der Waals surface area contributed by atoms with E-state index in [2.05, 4.69) is 0 Å². The molecular formula is C31H23Cl2F5N2O8. The van der Waals surface area contributed by atoms with Crippen LogP contribution in [0.5, 0.6) is 11.5 Å². The van der Waals surface area contributed by atoms with Gasteiger partial charge in [-0.05, 0) is 43.4 Å². The van der Waals surface area contributed by atoms with Crippen LogP contribution in [0.4, 0.5) is 27.6 Å². The molecule has 4 aliphatic rings. The van der Waals surface area contributed by atoms with Gasteiger partial charge >= 0.3 is 5.97 Å². The predicted octanol–water partition coefficient (Wildman–Crippen LogP) is 4.52. The molecule has 6 rings (SSSR count). The quantitative estimate of drug-likeness (QED) is 0.106. The van der Waals surface area contributed by atoms with E-state index in [4.69, 9.17) is 33.0 Å². The number of hydrogen-bond acceptors (Lipinski definition) is 7. The zero-order valence-electron chi connectivity index (χ0n) is 24.5. The molecule has 0 radical (unpaired) electrons. The van der Waals surface area contributed by atoms with Gasteiger partial charge in [-0.1, -0.05) is 17.7 Å². The summed E-state index contributed by atoms with van der Waals surface area (Å²) in [6.45, 7) is 1.19. The van der Waals surface area contributed by atoms with E-state index in [0.717, 1.165) is 11.0 Å². The molecule has 2 aliphatic heterocycles. The van der Waals surface area contributed by atoms with Crippen molar-refractivity contribution < 1.29 is 60.9 Å². The van der Waals surface area contributed by atoms with Crippen molar-refractivity contribution in [3.05, 3.63) is 64.5 Å². The van der Waals surface area contributed by atoms with Gasteiger partial charge in [0.25, 0.3) is 11.8 Å². The average Bonchev–Trinajstić information content (AvgIpc) is 3.37. The number of anilines is 1. The number of alkyl halides is 2. The molecule has 0 unspecified atom stereocenters. The number of rotatable bonds is 7. The molecule has 10 nitrogen and oxygen atoms in total. The van der Waals surface area contributed by atoms with Crippen LogP contribution in [-0.4, -0.2) is 67.6 Å². The third-order valence-corrected chi connectivity index (χ3v) is 10.9. The predicted molar refractivity (Wildman–Crippen MR) is 155 cm³/mol. The van der Waals surface area contributed by atoms with E-state index in [1.165, 1.54) is 18.2 Å². The Morgan fingerprint density at radius 1 is 0.958 bits per heavy atom. The van der Waals surface area contributed by atoms with Crippen LogP contribution >= 0.6 is 23.2 Å². The summed E-state index contributed by atoms with van der Waals surface area (Å²) in [5.74, 6) is -24.0. The van der Waals surface area contributed by atoms with Crippen LogP contribution < -0.4 is 9.64 Å². The fraction of sp³-hybridized carbons (Fsp3) is 0.387. The zero-order chi connectivity index (χ0) is 35.2. The number of amides is 4. The summed E-state index contributed by atoms with van der Waals surface area (Å²) in [5, 5.41) is 19.5. The van der Waals surface area contributed by atoms with E-state index in [1.54, 1.807) is 6.92 Å². The summed E-state index contributed by atoms with van der Waals surface area (Å²) in [5.41, 5.74) is -1.67. The van der Waals surface area contributed by atoms with E-state index >= 15 is 8.78 Å². The van der Waals surface area contributed by atoms with E-state index in [-0.39, 0.29) is 40.6 Å². The maximum atomic E-state index is 15.1. The number of carbonyl (C=O) groups excluding carboxylic acids is 4. The molecule has 17 heteroatoms. The Kier molecular flexibility index (Phi) is 8.02. The van der Waals surface area contributed by atoms with Gasteiger partial charge in [0.05, 0.1) is 24.9 Å². The molecule has 254 valence electrons. The number of aromatic hydroxyl groups is 1. The zero-order valence-corrected chi connectivity index (χ0v) is 26.1. The molecule has 0 bridgehead atoms. The van der Waals surface area contributed by atoms with Crippen LogP contribution in [0, 0.1) is 46.8 Å². The van der Waals surface area contributed by atoms with Crippen LogP contribution in [0.15, 0.2) is 29.8 Å². The van der Waals surface area contributed by atoms with Crippen molar-refractivity contribution in [1.29, 1.82) is 0 Å². The van der Waals surface area contributed by atoms with Gasteiger partial charge in [-0.2, -0.15) is 0 Å². The van der Waals surface area contributed by atoms with E-state index in [9.17, 15) is 42.3 Å². The van der Waals surface area contributed by atoms with Crippen molar-refractivity contribution >= 4 is 58.5 Å². The molecule has 2 saturated heterocycles. The third kappa shape index (κ3) is 4.39. The Balaban J connectivity index is 1.57. The van der Waals surface area contributed by atoms with E-state index in [0.29, 0.717) is 0 Å². The number of phenols is 1. The Morgan fingerprint density at radius 2 is 1.58 bits per heavy atom. The van der Waals surface area contributed by atoms with Gasteiger partial charge in [0, 0.05) is 12.5 Å². The molecule has 2 heterocycles. The van der Waals surface area contributed by atoms with Gasteiger partial charge in [-0.25, -0.2) is 26.9 Å². The van der Waals surface area contributed by atoms with E-state index in [1.807, 2.05) is 0 Å². The largest absolute Gasteiger partial charge is 0.504 e. The second-order valence-electron chi connectivity index (χ2n) is 11.8. The van der Waals surface area contributed by atoms with Gasteiger partial charge in [0.1, 0.15) is 5.69 Å². The van der Waals surface area contributed by atoms with Gasteiger partial charge < -0.3 is 14.9 Å². The monoisotopic (exact) mass is 716 g/mol. The highest BCUT2D eigenvalue weighted by atomic mass is 35.5. The minimum atomic E-state index is -2.74. The Bertz CT molecular complexity index is 1850. The minimum absolute atomic E-state index is 0.0468. The third-order valence-electron chi connectivity index (χ3n) is 9.48. The fourth-order valence-corrected chi connectivity index (χ4v) is 8.35. The van der Waals surface area contributed by atoms with Gasteiger partial charge in [-0.15, -0.1) is 23.2 Å². The number of carboxylic acids is 1. The first-order valence-electron chi connectivity index (χ1n) is 14.5. The van der Waals surface area contributed by atoms with Crippen LogP contribution in [-0.2, 0) is 24.0 Å². The second-order valence-corrected chi connectivity index (χ2v) is 13.1. The summed E-state index contributed by atoms with van der Waals surface area (Å²) in [7, 11) is 0. The smallest absolute Gasteiger partial charge is 0.305 e. The number of hydrogen-bond donors (Lipinski definition) is 2. The molecule has 0 spiro atoms. The number of benzene rings is 2. The van der Waals surface area contributed by atoms with Crippen molar-refractivity contribution in [2.75, 3.05) is 18.1 Å². The van der Waals surface area contributed by atoms with Crippen molar-refractivity contribution in [3.63, 3.8) is 0 Å². The number of carbonyl (C=O) groups is 5. The Morgan fingerprint density at radius 3 is 2.19 bits per heavy atom. The number of likely N-dealkylation sites (tertiary alicyclic amines) is 1. The number of halogens is 7. The molecule has 2 aromatic rings. The van der Waals surface area contributed by atoms with Gasteiger partial charge in [0.2, 0.25) is 17.6 Å². The highest BCUT2D eigenvalue weighted by Gasteiger charge is 2.77. The number of nitrogens with zero attached hydrogens (tertiary/aromatic N) is 2. The SMILES string of the molecule is CCOc1cc([C@H]2C3=CC[C@@H]4C(=O)N(CCC(=O)O)C(=O)[C@@H]4[C@@H]3C[C@@]3(Cl)C(=O)N(c4c(F)c(F)c(F)c(F)c4F)C(=O)[C@@]23Cl)ccc1O. The number of imide groups is 2. The Hall–Kier alpha value is -4.24. The van der Waals surface area contributed by atoms with Crippen molar-refractivity contribution in [3.8, 4) is 11.5 Å². The molecule has 3 fully saturated rings. The lowest BCUT2D eigenvalue weighted by atomic mass is 9.56. The maximum Gasteiger partial charge on any atom is 0.305 e. The first kappa shape index (κ1) is 33.7. The number of ether oxygens (including phenoxy) is 1. The first-order chi connectivity index (χ1) is 22.5. The maximum absolute atomic E-state index is 15.1. The van der Waals surface area contributed by atoms with Crippen LogP contribution in [0.25, 0.3) is 0 Å². The van der Waals surface area contributed by atoms with Crippen molar-refractivity contribution in [2.24, 2.45) is 17.8 Å². The number of aliphatic carboxylic acids is 1. The minimum Gasteiger partial charge on any atom is -0.504 e. The van der Waals surface area contributed by atoms with Crippen LogP contribution in [0.1, 0.15) is 37.7 Å². The number of allylic oxidation sites excluding steroid dienone is 2. The topological polar surface area (TPSA) is 142 Å². The average molecular weight is 717 g/mol. The molecule has 6 atom stereocenters. The van der Waals surface area contributed by atoms with Crippen molar-refractivity contribution in [2.45, 2.75) is 41.9 Å². The number of carboxylic acid groups (broad SMARTS) is 1. The molecule has 48 heavy (non-hydrogen) atoms. The lowest BCUT2D eigenvalue weighted by Gasteiger charge is -2.50. The summed E-state index contributed by atoms with van der Waals surface area (Å²) in [6.07, 6.45) is 0.116. The molecule has 2 aliphatic carbocycles. The summed E-state index contributed by atoms with van der Waals surface area (Å²) < 4.78 is 78.4. The normalized spacial score (nSPS) is 29.5. The highest BCUT2D eigenvalue weighted by Crippen LogP contribution is 2.66. The van der Waals surface area contributed by atoms with Crippen molar-refractivity contribution in [1.82, 2.24) is 4.90 Å². The summed E-state index contributed by atoms with van der Waals surface area (Å²) >= 11 is 14.1. The number of fused-ring (bicyclic) bond motifs is 4. The fourth-order valence-electron chi connectivity index (χ4n) is 7.42. The Labute approximate surface area is 277 Å². The molecule has 4 amide bonds. The molecule has 0 aromatic heterocycles. The molecule has 2 N–H and O–H groups in total. The number of phenolic OH excluding ortho intramolecular Hbond substituents is 1. The van der Waals surface area contributed by atoms with E-state index < -0.39 is 117 Å². The lowest BCUT2D eigenvalue weighted by Crippen LogP contribution is -2.60. The molecule has 1 saturated carbocycles. The van der Waals surface area contributed by atoms with Crippen LogP contribution in [0.2, 0.25) is 0 Å². The summed E-state index contributed by atoms with van der Waals surface area (Å²) in [6, 6.07) is 3.69. The highest BCUT2D eigenvalue weighted by molar-refractivity contribution is 6.58. The van der Waals surface area contributed by atoms with Gasteiger partial charge in [-0.3, -0.25) is 28.9 Å².